The summed E-state index contributed by atoms with van der Waals surface area (Å²) in [5.41, 5.74) is 1.87. The Hall–Kier alpha value is -1.21. The van der Waals surface area contributed by atoms with E-state index >= 15 is 0 Å². The lowest BCUT2D eigenvalue weighted by Gasteiger charge is -2.34. The van der Waals surface area contributed by atoms with E-state index in [9.17, 15) is 4.79 Å². The smallest absolute Gasteiger partial charge is 0.226 e. The summed E-state index contributed by atoms with van der Waals surface area (Å²) in [6.07, 6.45) is 4.29. The fraction of sp³-hybridized carbons (Fsp3) is 0.471. The highest BCUT2D eigenvalue weighted by molar-refractivity contribution is 7.13. The summed E-state index contributed by atoms with van der Waals surface area (Å²) in [6, 6.07) is 5.75. The van der Waals surface area contributed by atoms with Crippen LogP contribution < -0.4 is 10.6 Å². The first-order valence-corrected chi connectivity index (χ1v) is 8.86. The summed E-state index contributed by atoms with van der Waals surface area (Å²) in [6.45, 7) is 5.05. The van der Waals surface area contributed by atoms with Gasteiger partial charge in [-0.15, -0.1) is 36.2 Å². The van der Waals surface area contributed by atoms with Gasteiger partial charge in [-0.25, -0.2) is 4.98 Å². The molecule has 3 heterocycles. The SMILES string of the molecule is CC1(CNC(=O)Cc2csc(-c3ccccn3)n2)CCNCC1.Cl.Cl. The van der Waals surface area contributed by atoms with Crippen LogP contribution >= 0.6 is 36.2 Å². The van der Waals surface area contributed by atoms with E-state index in [0.717, 1.165) is 48.9 Å². The van der Waals surface area contributed by atoms with E-state index in [2.05, 4.69) is 27.5 Å². The number of carbonyl (C=O) groups excluding carboxylic acids is 1. The van der Waals surface area contributed by atoms with Crippen LogP contribution in [-0.2, 0) is 11.2 Å². The average molecular weight is 403 g/mol. The Bertz CT molecular complexity index is 660. The van der Waals surface area contributed by atoms with Crippen LogP contribution in [0.1, 0.15) is 25.5 Å². The Balaban J connectivity index is 0.00000156. The van der Waals surface area contributed by atoms with Crippen molar-refractivity contribution in [2.75, 3.05) is 19.6 Å². The van der Waals surface area contributed by atoms with E-state index in [4.69, 9.17) is 0 Å². The lowest BCUT2D eigenvalue weighted by molar-refractivity contribution is -0.121. The summed E-state index contributed by atoms with van der Waals surface area (Å²) in [7, 11) is 0. The number of amides is 1. The van der Waals surface area contributed by atoms with Gasteiger partial charge in [-0.2, -0.15) is 0 Å². The molecule has 8 heteroatoms. The normalized spacial score (nSPS) is 15.6. The third kappa shape index (κ3) is 6.22. The molecule has 2 aromatic rings. The summed E-state index contributed by atoms with van der Waals surface area (Å²) in [5.74, 6) is 0.0441. The van der Waals surface area contributed by atoms with Crippen LogP contribution in [0.2, 0.25) is 0 Å². The molecular formula is C17H24Cl2N4OS. The number of rotatable bonds is 5. The van der Waals surface area contributed by atoms with Gasteiger partial charge in [0.2, 0.25) is 5.91 Å². The number of halogens is 2. The van der Waals surface area contributed by atoms with E-state index in [1.165, 1.54) is 11.3 Å². The van der Waals surface area contributed by atoms with Crippen molar-refractivity contribution in [3.05, 3.63) is 35.5 Å². The molecule has 0 saturated carbocycles. The number of nitrogens with zero attached hydrogens (tertiary/aromatic N) is 2. The van der Waals surface area contributed by atoms with Crippen LogP contribution in [0.4, 0.5) is 0 Å². The van der Waals surface area contributed by atoms with Crippen LogP contribution in [0, 0.1) is 5.41 Å². The Kier molecular flexibility index (Phi) is 8.79. The lowest BCUT2D eigenvalue weighted by atomic mass is 9.81. The number of nitrogens with one attached hydrogen (secondary N) is 2. The maximum atomic E-state index is 12.2. The molecule has 1 amide bonds. The number of pyridine rings is 1. The minimum atomic E-state index is 0. The fourth-order valence-corrected chi connectivity index (χ4v) is 3.54. The molecule has 2 aromatic heterocycles. The molecule has 1 saturated heterocycles. The topological polar surface area (TPSA) is 66.9 Å². The molecule has 0 unspecified atom stereocenters. The largest absolute Gasteiger partial charge is 0.355 e. The first-order chi connectivity index (χ1) is 11.1. The second-order valence-corrected chi connectivity index (χ2v) is 7.23. The van der Waals surface area contributed by atoms with Gasteiger partial charge in [-0.1, -0.05) is 13.0 Å². The van der Waals surface area contributed by atoms with Gasteiger partial charge in [0.25, 0.3) is 0 Å². The van der Waals surface area contributed by atoms with Crippen LogP contribution in [0.5, 0.6) is 0 Å². The predicted molar refractivity (Wildman–Crippen MR) is 107 cm³/mol. The van der Waals surface area contributed by atoms with Gasteiger partial charge in [0, 0.05) is 18.1 Å². The van der Waals surface area contributed by atoms with E-state index in [1.54, 1.807) is 6.20 Å². The number of piperidine rings is 1. The Labute approximate surface area is 164 Å². The highest BCUT2D eigenvalue weighted by Gasteiger charge is 2.27. The molecule has 5 nitrogen and oxygen atoms in total. The quantitative estimate of drug-likeness (QED) is 0.805. The van der Waals surface area contributed by atoms with Crippen molar-refractivity contribution in [3.8, 4) is 10.7 Å². The van der Waals surface area contributed by atoms with Crippen molar-refractivity contribution >= 4 is 42.1 Å². The van der Waals surface area contributed by atoms with Crippen molar-refractivity contribution in [2.45, 2.75) is 26.2 Å². The van der Waals surface area contributed by atoms with Gasteiger partial charge in [0.05, 0.1) is 17.8 Å². The van der Waals surface area contributed by atoms with Gasteiger partial charge >= 0.3 is 0 Å². The standard InChI is InChI=1S/C17H22N4OS.2ClH/c1-17(5-8-18-9-6-17)12-20-15(22)10-13-11-23-16(21-13)14-4-2-3-7-19-14;;/h2-4,7,11,18H,5-6,8-10,12H2,1H3,(H,20,22);2*1H. The maximum Gasteiger partial charge on any atom is 0.226 e. The van der Waals surface area contributed by atoms with Gasteiger partial charge in [0.15, 0.2) is 0 Å². The second kappa shape index (κ2) is 10.1. The molecule has 0 spiro atoms. The second-order valence-electron chi connectivity index (χ2n) is 6.37. The molecule has 2 N–H and O–H groups in total. The van der Waals surface area contributed by atoms with Gasteiger partial charge in [-0.05, 0) is 43.5 Å². The van der Waals surface area contributed by atoms with Crippen molar-refractivity contribution in [1.29, 1.82) is 0 Å². The van der Waals surface area contributed by atoms with Crippen LogP contribution in [0.15, 0.2) is 29.8 Å². The predicted octanol–water partition coefficient (Wildman–Crippen LogP) is 3.10. The number of carbonyl (C=O) groups is 1. The molecule has 3 rings (SSSR count). The van der Waals surface area contributed by atoms with Crippen LogP contribution in [-0.4, -0.2) is 35.5 Å². The molecule has 0 aromatic carbocycles. The fourth-order valence-electron chi connectivity index (χ4n) is 2.74. The number of hydrogen-bond donors (Lipinski definition) is 2. The van der Waals surface area contributed by atoms with Gasteiger partial charge in [-0.3, -0.25) is 9.78 Å². The molecule has 0 bridgehead atoms. The third-order valence-electron chi connectivity index (χ3n) is 4.30. The number of thiazole rings is 1. The highest BCUT2D eigenvalue weighted by atomic mass is 35.5. The first kappa shape index (κ1) is 21.8. The van der Waals surface area contributed by atoms with Crippen molar-refractivity contribution in [2.24, 2.45) is 5.41 Å². The lowest BCUT2D eigenvalue weighted by Crippen LogP contribution is -2.43. The zero-order valence-electron chi connectivity index (χ0n) is 14.2. The van der Waals surface area contributed by atoms with Gasteiger partial charge < -0.3 is 10.6 Å². The van der Waals surface area contributed by atoms with Gasteiger partial charge in [0.1, 0.15) is 5.01 Å². The summed E-state index contributed by atoms with van der Waals surface area (Å²) >= 11 is 1.53. The highest BCUT2D eigenvalue weighted by Crippen LogP contribution is 2.26. The van der Waals surface area contributed by atoms with E-state index in [0.29, 0.717) is 6.42 Å². The molecule has 25 heavy (non-hydrogen) atoms. The zero-order valence-corrected chi connectivity index (χ0v) is 16.6. The summed E-state index contributed by atoms with van der Waals surface area (Å²) in [5, 5.41) is 9.23. The molecule has 1 aliphatic rings. The van der Waals surface area contributed by atoms with Crippen molar-refractivity contribution < 1.29 is 4.79 Å². The first-order valence-electron chi connectivity index (χ1n) is 7.98. The Morgan fingerprint density at radius 1 is 1.32 bits per heavy atom. The van der Waals surface area contributed by atoms with E-state index in [-0.39, 0.29) is 36.1 Å². The zero-order chi connectivity index (χ0) is 16.1. The van der Waals surface area contributed by atoms with E-state index < -0.39 is 0 Å². The van der Waals surface area contributed by atoms with Crippen molar-refractivity contribution in [3.63, 3.8) is 0 Å². The summed E-state index contributed by atoms with van der Waals surface area (Å²) in [4.78, 5) is 21.0. The Morgan fingerprint density at radius 3 is 2.76 bits per heavy atom. The van der Waals surface area contributed by atoms with Crippen LogP contribution in [0.25, 0.3) is 10.7 Å². The third-order valence-corrected chi connectivity index (χ3v) is 5.21. The summed E-state index contributed by atoms with van der Waals surface area (Å²) < 4.78 is 0. The molecule has 0 radical (unpaired) electrons. The minimum Gasteiger partial charge on any atom is -0.355 e. The molecule has 1 aliphatic heterocycles. The average Bonchev–Trinajstić information content (AvgIpc) is 3.03. The monoisotopic (exact) mass is 402 g/mol. The number of hydrogen-bond acceptors (Lipinski definition) is 5. The van der Waals surface area contributed by atoms with E-state index in [1.807, 2.05) is 23.6 Å². The molecular weight excluding hydrogens is 379 g/mol. The molecule has 1 fully saturated rings. The minimum absolute atomic E-state index is 0. The maximum absolute atomic E-state index is 12.2. The molecule has 138 valence electrons. The molecule has 0 atom stereocenters. The van der Waals surface area contributed by atoms with Crippen molar-refractivity contribution in [1.82, 2.24) is 20.6 Å². The van der Waals surface area contributed by atoms with Crippen LogP contribution in [0.3, 0.4) is 0 Å². The Morgan fingerprint density at radius 2 is 2.08 bits per heavy atom. The molecule has 0 aliphatic carbocycles. The number of aromatic nitrogens is 2.